The van der Waals surface area contributed by atoms with E-state index in [-0.39, 0.29) is 23.0 Å². The lowest BCUT2D eigenvalue weighted by Crippen LogP contribution is -2.45. The van der Waals surface area contributed by atoms with Gasteiger partial charge in [-0.05, 0) is 43.9 Å². The smallest absolute Gasteiger partial charge is 0.269 e. The van der Waals surface area contributed by atoms with Gasteiger partial charge < -0.3 is 9.47 Å². The largest absolute Gasteiger partial charge is 0.342 e. The number of likely N-dealkylation sites (N-methyl/N-ethyl adjacent to an activating group) is 1. The number of likely N-dealkylation sites (tertiary alicyclic amines) is 1. The van der Waals surface area contributed by atoms with Gasteiger partial charge in [-0.3, -0.25) is 19.9 Å². The monoisotopic (exact) mass is 486 g/mol. The highest BCUT2D eigenvalue weighted by atomic mass is 32.2. The van der Waals surface area contributed by atoms with Crippen LogP contribution >= 0.6 is 0 Å². The van der Waals surface area contributed by atoms with Gasteiger partial charge in [-0.25, -0.2) is 13.4 Å². The van der Waals surface area contributed by atoms with E-state index in [1.54, 1.807) is 17.3 Å². The predicted octanol–water partition coefficient (Wildman–Crippen LogP) is 2.21. The number of benzene rings is 1. The second-order valence-corrected chi connectivity index (χ2v) is 10.5. The topological polar surface area (TPSA) is 132 Å². The molecule has 0 bridgehead atoms. The molecule has 11 nitrogen and oxygen atoms in total. The highest BCUT2D eigenvalue weighted by Crippen LogP contribution is 2.24. The van der Waals surface area contributed by atoms with Crippen molar-refractivity contribution in [1.82, 2.24) is 23.7 Å². The summed E-state index contributed by atoms with van der Waals surface area (Å²) in [6, 6.07) is 6.58. The van der Waals surface area contributed by atoms with Crippen LogP contribution in [0, 0.1) is 23.0 Å². The van der Waals surface area contributed by atoms with Gasteiger partial charge in [0.2, 0.25) is 15.9 Å². The molecule has 1 aromatic carbocycles. The molecule has 12 heteroatoms. The van der Waals surface area contributed by atoms with Crippen LogP contribution in [0.5, 0.6) is 0 Å². The minimum absolute atomic E-state index is 0.0924. The van der Waals surface area contributed by atoms with E-state index in [0.717, 1.165) is 52.7 Å². The molecule has 4 rings (SSSR count). The molecule has 1 amide bonds. The zero-order valence-corrected chi connectivity index (χ0v) is 19.8. The van der Waals surface area contributed by atoms with Crippen LogP contribution in [0.4, 0.5) is 5.69 Å². The van der Waals surface area contributed by atoms with Gasteiger partial charge in [0.05, 0.1) is 28.1 Å². The third kappa shape index (κ3) is 4.77. The number of nitrogens with zero attached hydrogens (tertiary/aromatic N) is 6. The number of carbonyl (C=O) groups excluding carboxylic acids is 1. The maximum Gasteiger partial charge on any atom is 0.269 e. The Bertz CT molecular complexity index is 1310. The maximum atomic E-state index is 12.8. The van der Waals surface area contributed by atoms with E-state index in [1.807, 2.05) is 13.0 Å². The first kappa shape index (κ1) is 23.8. The molecule has 1 fully saturated rings. The van der Waals surface area contributed by atoms with Crippen LogP contribution in [0.3, 0.4) is 0 Å². The van der Waals surface area contributed by atoms with E-state index < -0.39 is 14.9 Å². The number of carbonyl (C=O) groups is 1. The Labute approximate surface area is 197 Å². The number of nitro benzene ring substituents is 1. The first-order valence-electron chi connectivity index (χ1n) is 10.9. The zero-order valence-electron chi connectivity index (χ0n) is 19.0. The van der Waals surface area contributed by atoms with Gasteiger partial charge in [0.15, 0.2) is 0 Å². The molecular weight excluding hydrogens is 460 g/mol. The number of pyridine rings is 1. The molecule has 0 saturated carbocycles. The van der Waals surface area contributed by atoms with E-state index in [1.165, 1.54) is 19.2 Å². The Morgan fingerprint density at radius 1 is 1.21 bits per heavy atom. The fraction of sp³-hybridized carbons (Fsp3) is 0.409. The summed E-state index contributed by atoms with van der Waals surface area (Å²) < 4.78 is 28.7. The number of amides is 1. The van der Waals surface area contributed by atoms with Gasteiger partial charge >= 0.3 is 0 Å². The van der Waals surface area contributed by atoms with E-state index in [4.69, 9.17) is 0 Å². The SMILES string of the molecule is Cc1nc2cnccc2n1CC1CCN(C(=O)CN(C)S(=O)(=O)c2ccc([N+](=O)[O-])cc2)CC1. The number of hydrogen-bond donors (Lipinski definition) is 0. The average molecular weight is 487 g/mol. The summed E-state index contributed by atoms with van der Waals surface area (Å²) in [5, 5.41) is 10.8. The molecule has 0 atom stereocenters. The number of hydrogen-bond acceptors (Lipinski definition) is 7. The van der Waals surface area contributed by atoms with Crippen molar-refractivity contribution < 1.29 is 18.1 Å². The van der Waals surface area contributed by atoms with Crippen LogP contribution < -0.4 is 0 Å². The normalized spacial score (nSPS) is 15.2. The van der Waals surface area contributed by atoms with Crippen LogP contribution in [-0.4, -0.2) is 69.7 Å². The van der Waals surface area contributed by atoms with Crippen molar-refractivity contribution >= 4 is 32.7 Å². The standard InChI is InChI=1S/C22H26N6O5S/c1-16-24-20-13-23-10-7-21(20)27(16)14-17-8-11-26(12-9-17)22(29)15-25(2)34(32,33)19-5-3-18(4-6-19)28(30)31/h3-7,10,13,17H,8-9,11-12,14-15H2,1-2H3. The third-order valence-electron chi connectivity index (χ3n) is 6.26. The summed E-state index contributed by atoms with van der Waals surface area (Å²) in [6.07, 6.45) is 5.13. The van der Waals surface area contributed by atoms with Gasteiger partial charge in [0, 0.05) is 45.0 Å². The first-order valence-corrected chi connectivity index (χ1v) is 12.4. The molecule has 34 heavy (non-hydrogen) atoms. The first-order chi connectivity index (χ1) is 16.2. The van der Waals surface area contributed by atoms with Crippen LogP contribution in [0.2, 0.25) is 0 Å². The fourth-order valence-electron chi connectivity index (χ4n) is 4.25. The van der Waals surface area contributed by atoms with Gasteiger partial charge in [-0.15, -0.1) is 0 Å². The molecule has 180 valence electrons. The van der Waals surface area contributed by atoms with E-state index in [9.17, 15) is 23.3 Å². The highest BCUT2D eigenvalue weighted by molar-refractivity contribution is 7.89. The number of aromatic nitrogens is 3. The molecule has 1 saturated heterocycles. The number of non-ortho nitro benzene ring substituents is 1. The molecule has 1 aliphatic rings. The summed E-state index contributed by atoms with van der Waals surface area (Å²) in [5.74, 6) is 1.05. The maximum absolute atomic E-state index is 12.8. The molecule has 2 aromatic heterocycles. The summed E-state index contributed by atoms with van der Waals surface area (Å²) in [4.78, 5) is 33.3. The summed E-state index contributed by atoms with van der Waals surface area (Å²) in [6.45, 7) is 3.61. The van der Waals surface area contributed by atoms with E-state index in [2.05, 4.69) is 14.5 Å². The number of aryl methyl sites for hydroxylation is 1. The number of imidazole rings is 1. The van der Waals surface area contributed by atoms with E-state index >= 15 is 0 Å². The Kier molecular flexibility index (Phi) is 6.62. The van der Waals surface area contributed by atoms with Gasteiger partial charge in [-0.2, -0.15) is 4.31 Å². The molecule has 0 aliphatic carbocycles. The van der Waals surface area contributed by atoms with Crippen molar-refractivity contribution in [3.63, 3.8) is 0 Å². The number of nitro groups is 1. The predicted molar refractivity (Wildman–Crippen MR) is 124 cm³/mol. The Morgan fingerprint density at radius 3 is 2.53 bits per heavy atom. The quantitative estimate of drug-likeness (QED) is 0.369. The van der Waals surface area contributed by atoms with Crippen LogP contribution in [0.1, 0.15) is 18.7 Å². The lowest BCUT2D eigenvalue weighted by Gasteiger charge is -2.33. The lowest BCUT2D eigenvalue weighted by molar-refractivity contribution is -0.384. The molecular formula is C22H26N6O5S. The third-order valence-corrected chi connectivity index (χ3v) is 8.08. The van der Waals surface area contributed by atoms with Gasteiger partial charge in [0.25, 0.3) is 5.69 Å². The molecule has 3 aromatic rings. The minimum atomic E-state index is -3.94. The van der Waals surface area contributed by atoms with Crippen LogP contribution in [-0.2, 0) is 21.4 Å². The van der Waals surface area contributed by atoms with Crippen molar-refractivity contribution in [2.45, 2.75) is 31.2 Å². The average Bonchev–Trinajstić information content (AvgIpc) is 3.14. The molecule has 3 heterocycles. The van der Waals surface area contributed by atoms with Crippen molar-refractivity contribution in [1.29, 1.82) is 0 Å². The lowest BCUT2D eigenvalue weighted by atomic mass is 9.96. The fourth-order valence-corrected chi connectivity index (χ4v) is 5.37. The van der Waals surface area contributed by atoms with Crippen LogP contribution in [0.25, 0.3) is 11.0 Å². The Balaban J connectivity index is 1.34. The van der Waals surface area contributed by atoms with Gasteiger partial charge in [0.1, 0.15) is 11.3 Å². The second kappa shape index (κ2) is 9.47. The summed E-state index contributed by atoms with van der Waals surface area (Å²) in [5.41, 5.74) is 1.71. The minimum Gasteiger partial charge on any atom is -0.342 e. The second-order valence-electron chi connectivity index (χ2n) is 8.47. The molecule has 0 radical (unpaired) electrons. The molecule has 0 N–H and O–H groups in total. The molecule has 1 aliphatic heterocycles. The highest BCUT2D eigenvalue weighted by Gasteiger charge is 2.28. The number of fused-ring (bicyclic) bond motifs is 1. The Morgan fingerprint density at radius 2 is 1.88 bits per heavy atom. The zero-order chi connectivity index (χ0) is 24.5. The van der Waals surface area contributed by atoms with Gasteiger partial charge in [-0.1, -0.05) is 0 Å². The van der Waals surface area contributed by atoms with E-state index in [0.29, 0.717) is 19.0 Å². The summed E-state index contributed by atoms with van der Waals surface area (Å²) >= 11 is 0. The van der Waals surface area contributed by atoms with Crippen LogP contribution in [0.15, 0.2) is 47.6 Å². The summed E-state index contributed by atoms with van der Waals surface area (Å²) in [7, 11) is -2.60. The number of rotatable bonds is 7. The number of sulfonamides is 1. The van der Waals surface area contributed by atoms with Crippen molar-refractivity contribution in [3.8, 4) is 0 Å². The molecule has 0 spiro atoms. The van der Waals surface area contributed by atoms with Crippen molar-refractivity contribution in [2.75, 3.05) is 26.7 Å². The van der Waals surface area contributed by atoms with Crippen molar-refractivity contribution in [3.05, 3.63) is 58.7 Å². The number of piperidine rings is 1. The Hall–Kier alpha value is -3.38. The van der Waals surface area contributed by atoms with Crippen molar-refractivity contribution in [2.24, 2.45) is 5.92 Å². The molecule has 0 unspecified atom stereocenters.